The van der Waals surface area contributed by atoms with Crippen LogP contribution < -0.4 is 14.8 Å². The number of anilines is 1. The molecule has 3 rings (SSSR count). The number of carbonyl (C=O) groups excluding carboxylic acids is 1. The van der Waals surface area contributed by atoms with Gasteiger partial charge in [0.15, 0.2) is 0 Å². The highest BCUT2D eigenvalue weighted by atomic mass is 16.5. The fourth-order valence-electron chi connectivity index (χ4n) is 3.95. The van der Waals surface area contributed by atoms with Crippen molar-refractivity contribution in [1.82, 2.24) is 0 Å². The van der Waals surface area contributed by atoms with Crippen LogP contribution in [-0.2, 0) is 10.2 Å². The highest BCUT2D eigenvalue weighted by Gasteiger charge is 2.42. The number of aryl methyl sites for hydroxylation is 1. The number of hydrogen-bond acceptors (Lipinski definition) is 3. The van der Waals surface area contributed by atoms with E-state index in [1.807, 2.05) is 49.4 Å². The van der Waals surface area contributed by atoms with E-state index in [1.54, 1.807) is 7.11 Å². The molecule has 1 aliphatic rings. The summed E-state index contributed by atoms with van der Waals surface area (Å²) in [5, 5.41) is 3.16. The fraction of sp³-hybridized carbons (Fsp3) is 0.458. The van der Waals surface area contributed by atoms with Crippen molar-refractivity contribution in [2.24, 2.45) is 0 Å². The summed E-state index contributed by atoms with van der Waals surface area (Å²) >= 11 is 0. The van der Waals surface area contributed by atoms with E-state index in [0.29, 0.717) is 0 Å². The first kappa shape index (κ1) is 20.2. The molecule has 1 aliphatic carbocycles. The molecule has 0 heterocycles. The van der Waals surface area contributed by atoms with Crippen LogP contribution in [0.1, 0.15) is 57.1 Å². The smallest absolute Gasteiger partial charge is 0.235 e. The lowest BCUT2D eigenvalue weighted by Crippen LogP contribution is -2.38. The molecule has 2 aromatic rings. The Hall–Kier alpha value is -2.49. The van der Waals surface area contributed by atoms with Crippen LogP contribution in [0.3, 0.4) is 0 Å². The van der Waals surface area contributed by atoms with Crippen LogP contribution in [0.5, 0.6) is 11.5 Å². The Balaban J connectivity index is 1.80. The van der Waals surface area contributed by atoms with Gasteiger partial charge in [0.2, 0.25) is 5.91 Å². The molecule has 0 spiro atoms. The van der Waals surface area contributed by atoms with Gasteiger partial charge in [0.25, 0.3) is 0 Å². The predicted octanol–water partition coefficient (Wildman–Crippen LogP) is 5.63. The number of amides is 1. The zero-order valence-corrected chi connectivity index (χ0v) is 17.4. The molecule has 150 valence electrons. The topological polar surface area (TPSA) is 47.6 Å². The fourth-order valence-corrected chi connectivity index (χ4v) is 3.95. The van der Waals surface area contributed by atoms with E-state index in [9.17, 15) is 4.79 Å². The maximum absolute atomic E-state index is 13.3. The number of carbonyl (C=O) groups is 1. The van der Waals surface area contributed by atoms with Gasteiger partial charge in [0.1, 0.15) is 11.5 Å². The lowest BCUT2D eigenvalue weighted by Gasteiger charge is -2.28. The first-order valence-corrected chi connectivity index (χ1v) is 10.2. The maximum Gasteiger partial charge on any atom is 0.235 e. The summed E-state index contributed by atoms with van der Waals surface area (Å²) in [7, 11) is 1.66. The minimum Gasteiger partial charge on any atom is -0.497 e. The zero-order valence-electron chi connectivity index (χ0n) is 17.4. The Morgan fingerprint density at radius 2 is 1.82 bits per heavy atom. The van der Waals surface area contributed by atoms with Gasteiger partial charge in [0, 0.05) is 5.69 Å². The Labute approximate surface area is 168 Å². The first-order valence-electron chi connectivity index (χ1n) is 10.2. The Morgan fingerprint density at radius 1 is 1.14 bits per heavy atom. The van der Waals surface area contributed by atoms with Crippen LogP contribution in [0.25, 0.3) is 0 Å². The third-order valence-corrected chi connectivity index (χ3v) is 5.87. The third kappa shape index (κ3) is 4.16. The molecule has 1 atom stereocenters. The van der Waals surface area contributed by atoms with Crippen molar-refractivity contribution >= 4 is 11.6 Å². The molecule has 0 bridgehead atoms. The molecule has 0 aliphatic heterocycles. The Morgan fingerprint density at radius 3 is 2.39 bits per heavy atom. The quantitative estimate of drug-likeness (QED) is 0.676. The predicted molar refractivity (Wildman–Crippen MR) is 113 cm³/mol. The second-order valence-electron chi connectivity index (χ2n) is 7.79. The van der Waals surface area contributed by atoms with E-state index in [0.717, 1.165) is 60.4 Å². The van der Waals surface area contributed by atoms with Gasteiger partial charge in [-0.1, -0.05) is 31.9 Å². The molecule has 4 nitrogen and oxygen atoms in total. The molecular weight excluding hydrogens is 350 g/mol. The van der Waals surface area contributed by atoms with Gasteiger partial charge in [-0.05, 0) is 74.6 Å². The second-order valence-corrected chi connectivity index (χ2v) is 7.79. The standard InChI is InChI=1S/C24H31NO3/c1-5-18(3)28-22-13-10-20(16-17(22)2)25-23(26)24(14-6-7-15-24)19-8-11-21(27-4)12-9-19/h8-13,16,18H,5-7,14-15H2,1-4H3,(H,25,26)/t18-/m0/s1. The zero-order chi connectivity index (χ0) is 20.1. The average Bonchev–Trinajstić information content (AvgIpc) is 3.21. The van der Waals surface area contributed by atoms with Crippen LogP contribution in [0.4, 0.5) is 5.69 Å². The number of benzene rings is 2. The van der Waals surface area contributed by atoms with Crippen LogP contribution in [-0.4, -0.2) is 19.1 Å². The average molecular weight is 382 g/mol. The molecule has 0 aromatic heterocycles. The van der Waals surface area contributed by atoms with Crippen molar-refractivity contribution in [1.29, 1.82) is 0 Å². The van der Waals surface area contributed by atoms with E-state index in [1.165, 1.54) is 0 Å². The summed E-state index contributed by atoms with van der Waals surface area (Å²) in [4.78, 5) is 13.3. The summed E-state index contributed by atoms with van der Waals surface area (Å²) in [5.74, 6) is 1.76. The summed E-state index contributed by atoms with van der Waals surface area (Å²) in [6.45, 7) is 6.19. The summed E-state index contributed by atoms with van der Waals surface area (Å²) in [6.07, 6.45) is 5.03. The van der Waals surface area contributed by atoms with Crippen molar-refractivity contribution < 1.29 is 14.3 Å². The SMILES string of the molecule is CC[C@H](C)Oc1ccc(NC(=O)C2(c3ccc(OC)cc3)CCCC2)cc1C. The lowest BCUT2D eigenvalue weighted by molar-refractivity contribution is -0.121. The normalized spacial score (nSPS) is 16.4. The molecule has 28 heavy (non-hydrogen) atoms. The molecule has 1 saturated carbocycles. The molecule has 4 heteroatoms. The number of ether oxygens (including phenoxy) is 2. The van der Waals surface area contributed by atoms with Gasteiger partial charge in [-0.3, -0.25) is 4.79 Å². The van der Waals surface area contributed by atoms with E-state index in [2.05, 4.69) is 19.2 Å². The van der Waals surface area contributed by atoms with Crippen molar-refractivity contribution in [2.45, 2.75) is 64.4 Å². The monoisotopic (exact) mass is 381 g/mol. The van der Waals surface area contributed by atoms with Gasteiger partial charge in [-0.25, -0.2) is 0 Å². The number of nitrogens with one attached hydrogen (secondary N) is 1. The van der Waals surface area contributed by atoms with Gasteiger partial charge in [0.05, 0.1) is 18.6 Å². The van der Waals surface area contributed by atoms with Gasteiger partial charge in [-0.2, -0.15) is 0 Å². The third-order valence-electron chi connectivity index (χ3n) is 5.87. The number of rotatable bonds is 7. The molecule has 0 unspecified atom stereocenters. The summed E-state index contributed by atoms with van der Waals surface area (Å²) in [5.41, 5.74) is 2.45. The molecule has 1 N–H and O–H groups in total. The highest BCUT2D eigenvalue weighted by molar-refractivity contribution is 5.99. The summed E-state index contributed by atoms with van der Waals surface area (Å²) in [6, 6.07) is 13.8. The van der Waals surface area contributed by atoms with Crippen molar-refractivity contribution in [3.05, 3.63) is 53.6 Å². The minimum atomic E-state index is -0.466. The van der Waals surface area contributed by atoms with Crippen molar-refractivity contribution in [3.63, 3.8) is 0 Å². The van der Waals surface area contributed by atoms with E-state index >= 15 is 0 Å². The van der Waals surface area contributed by atoms with E-state index in [-0.39, 0.29) is 12.0 Å². The molecular formula is C24H31NO3. The van der Waals surface area contributed by atoms with Crippen molar-refractivity contribution in [3.8, 4) is 11.5 Å². The number of methoxy groups -OCH3 is 1. The van der Waals surface area contributed by atoms with Crippen molar-refractivity contribution in [2.75, 3.05) is 12.4 Å². The number of hydrogen-bond donors (Lipinski definition) is 1. The lowest BCUT2D eigenvalue weighted by atomic mass is 9.78. The Bertz CT molecular complexity index is 807. The minimum absolute atomic E-state index is 0.0742. The van der Waals surface area contributed by atoms with E-state index in [4.69, 9.17) is 9.47 Å². The molecule has 0 radical (unpaired) electrons. The molecule has 0 saturated heterocycles. The van der Waals surface area contributed by atoms with Gasteiger partial charge >= 0.3 is 0 Å². The van der Waals surface area contributed by atoms with Crippen LogP contribution in [0.15, 0.2) is 42.5 Å². The van der Waals surface area contributed by atoms with Crippen LogP contribution >= 0.6 is 0 Å². The highest BCUT2D eigenvalue weighted by Crippen LogP contribution is 2.42. The maximum atomic E-state index is 13.3. The summed E-state index contributed by atoms with van der Waals surface area (Å²) < 4.78 is 11.2. The Kier molecular flexibility index (Phi) is 6.28. The van der Waals surface area contributed by atoms with Gasteiger partial charge < -0.3 is 14.8 Å². The van der Waals surface area contributed by atoms with Crippen LogP contribution in [0, 0.1) is 6.92 Å². The second kappa shape index (κ2) is 8.68. The molecule has 1 fully saturated rings. The first-order chi connectivity index (χ1) is 13.5. The van der Waals surface area contributed by atoms with Crippen LogP contribution in [0.2, 0.25) is 0 Å². The van der Waals surface area contributed by atoms with Gasteiger partial charge in [-0.15, -0.1) is 0 Å². The molecule has 1 amide bonds. The molecule has 2 aromatic carbocycles. The largest absolute Gasteiger partial charge is 0.497 e. The van der Waals surface area contributed by atoms with E-state index < -0.39 is 5.41 Å².